The highest BCUT2D eigenvalue weighted by molar-refractivity contribution is 5.73. The second-order valence-corrected chi connectivity index (χ2v) is 4.68. The lowest BCUT2D eigenvalue weighted by Gasteiger charge is -2.10. The predicted octanol–water partition coefficient (Wildman–Crippen LogP) is 1.06. The standard InChI is InChI=1S/C15H15N7O/c23-15(20-9-13-5-1-2-6-17-13)19-8-12-4-3-7-18-14(12)22-11-16-10-21-22/h1-7,10-11H,8-9H2,(H2,19,20,23). The Balaban J connectivity index is 1.57. The zero-order chi connectivity index (χ0) is 15.9. The number of carbonyl (C=O) groups is 1. The second kappa shape index (κ2) is 7.12. The Bertz CT molecular complexity index is 759. The molecule has 8 nitrogen and oxygen atoms in total. The molecule has 0 aliphatic carbocycles. The molecule has 3 aromatic heterocycles. The number of pyridine rings is 2. The highest BCUT2D eigenvalue weighted by Crippen LogP contribution is 2.09. The van der Waals surface area contributed by atoms with Gasteiger partial charge in [-0.3, -0.25) is 4.98 Å². The van der Waals surface area contributed by atoms with E-state index in [2.05, 4.69) is 30.7 Å². The number of carbonyl (C=O) groups excluding carboxylic acids is 1. The van der Waals surface area contributed by atoms with E-state index in [-0.39, 0.29) is 6.03 Å². The first kappa shape index (κ1) is 14.6. The van der Waals surface area contributed by atoms with E-state index in [0.717, 1.165) is 11.3 Å². The minimum Gasteiger partial charge on any atom is -0.334 e. The Kier molecular flexibility index (Phi) is 4.53. The van der Waals surface area contributed by atoms with E-state index in [1.165, 1.54) is 6.33 Å². The molecule has 0 atom stereocenters. The smallest absolute Gasteiger partial charge is 0.315 e. The van der Waals surface area contributed by atoms with Crippen molar-refractivity contribution in [2.45, 2.75) is 13.1 Å². The summed E-state index contributed by atoms with van der Waals surface area (Å²) in [5.74, 6) is 0.634. The summed E-state index contributed by atoms with van der Waals surface area (Å²) >= 11 is 0. The second-order valence-electron chi connectivity index (χ2n) is 4.68. The third kappa shape index (κ3) is 3.88. The van der Waals surface area contributed by atoms with Gasteiger partial charge in [-0.15, -0.1) is 0 Å². The van der Waals surface area contributed by atoms with Gasteiger partial charge in [0.25, 0.3) is 0 Å². The van der Waals surface area contributed by atoms with Crippen LogP contribution in [0.1, 0.15) is 11.3 Å². The zero-order valence-electron chi connectivity index (χ0n) is 12.3. The van der Waals surface area contributed by atoms with E-state index >= 15 is 0 Å². The number of rotatable bonds is 5. The van der Waals surface area contributed by atoms with Crippen molar-refractivity contribution in [1.29, 1.82) is 0 Å². The highest BCUT2D eigenvalue weighted by atomic mass is 16.2. The maximum atomic E-state index is 11.9. The molecule has 0 bridgehead atoms. The van der Waals surface area contributed by atoms with Crippen molar-refractivity contribution < 1.29 is 4.79 Å². The van der Waals surface area contributed by atoms with Gasteiger partial charge in [0.05, 0.1) is 12.2 Å². The van der Waals surface area contributed by atoms with Crippen LogP contribution in [0.2, 0.25) is 0 Å². The average molecular weight is 309 g/mol. The summed E-state index contributed by atoms with van der Waals surface area (Å²) in [5.41, 5.74) is 1.64. The Morgan fingerprint density at radius 1 is 1.04 bits per heavy atom. The molecule has 3 heterocycles. The Hall–Kier alpha value is -3.29. The van der Waals surface area contributed by atoms with Crippen molar-refractivity contribution in [1.82, 2.24) is 35.4 Å². The SMILES string of the molecule is O=C(NCc1ccccn1)NCc1cccnc1-n1cncn1. The number of hydrogen-bond donors (Lipinski definition) is 2. The van der Waals surface area contributed by atoms with Crippen LogP contribution in [0.4, 0.5) is 4.79 Å². The van der Waals surface area contributed by atoms with Crippen molar-refractivity contribution in [2.24, 2.45) is 0 Å². The molecule has 116 valence electrons. The van der Waals surface area contributed by atoms with Gasteiger partial charge in [0.15, 0.2) is 5.82 Å². The van der Waals surface area contributed by atoms with E-state index < -0.39 is 0 Å². The molecule has 0 aliphatic rings. The number of amides is 2. The molecule has 0 fully saturated rings. The number of hydrogen-bond acceptors (Lipinski definition) is 5. The normalized spacial score (nSPS) is 10.3. The molecule has 0 aromatic carbocycles. The summed E-state index contributed by atoms with van der Waals surface area (Å²) in [7, 11) is 0. The fraction of sp³-hybridized carbons (Fsp3) is 0.133. The molecule has 3 aromatic rings. The Morgan fingerprint density at radius 3 is 2.70 bits per heavy atom. The number of nitrogens with one attached hydrogen (secondary N) is 2. The summed E-state index contributed by atoms with van der Waals surface area (Å²) in [6.07, 6.45) is 6.36. The molecule has 8 heteroatoms. The molecule has 2 amide bonds. The molecule has 0 radical (unpaired) electrons. The van der Waals surface area contributed by atoms with E-state index in [1.54, 1.807) is 23.4 Å². The van der Waals surface area contributed by atoms with Crippen LogP contribution in [0.5, 0.6) is 0 Å². The van der Waals surface area contributed by atoms with Gasteiger partial charge in [0.2, 0.25) is 0 Å². The fourth-order valence-corrected chi connectivity index (χ4v) is 2.00. The summed E-state index contributed by atoms with van der Waals surface area (Å²) in [5, 5.41) is 9.60. The lowest BCUT2D eigenvalue weighted by Crippen LogP contribution is -2.35. The average Bonchev–Trinajstić information content (AvgIpc) is 3.14. The van der Waals surface area contributed by atoms with Crippen LogP contribution in [0.25, 0.3) is 5.82 Å². The van der Waals surface area contributed by atoms with Gasteiger partial charge in [-0.1, -0.05) is 12.1 Å². The minimum atomic E-state index is -0.274. The van der Waals surface area contributed by atoms with E-state index in [4.69, 9.17) is 0 Å². The summed E-state index contributed by atoms with van der Waals surface area (Å²) in [6.45, 7) is 0.701. The monoisotopic (exact) mass is 309 g/mol. The number of nitrogens with zero attached hydrogens (tertiary/aromatic N) is 5. The molecule has 0 saturated carbocycles. The fourth-order valence-electron chi connectivity index (χ4n) is 2.00. The van der Waals surface area contributed by atoms with Crippen LogP contribution in [0, 0.1) is 0 Å². The molecule has 23 heavy (non-hydrogen) atoms. The number of urea groups is 1. The summed E-state index contributed by atoms with van der Waals surface area (Å²) in [4.78, 5) is 24.2. The molecule has 0 aliphatic heterocycles. The number of aromatic nitrogens is 5. The quantitative estimate of drug-likeness (QED) is 0.734. The third-order valence-electron chi connectivity index (χ3n) is 3.10. The van der Waals surface area contributed by atoms with Crippen LogP contribution < -0.4 is 10.6 Å². The molecule has 3 rings (SSSR count). The summed E-state index contributed by atoms with van der Waals surface area (Å²) < 4.78 is 1.56. The van der Waals surface area contributed by atoms with E-state index in [9.17, 15) is 4.79 Å². The van der Waals surface area contributed by atoms with Crippen LogP contribution in [-0.4, -0.2) is 30.8 Å². The van der Waals surface area contributed by atoms with Crippen molar-refractivity contribution in [2.75, 3.05) is 0 Å². The van der Waals surface area contributed by atoms with Gasteiger partial charge < -0.3 is 10.6 Å². The maximum absolute atomic E-state index is 11.9. The molecule has 0 saturated heterocycles. The lowest BCUT2D eigenvalue weighted by atomic mass is 10.2. The van der Waals surface area contributed by atoms with Gasteiger partial charge in [0.1, 0.15) is 12.7 Å². The lowest BCUT2D eigenvalue weighted by molar-refractivity contribution is 0.240. The largest absolute Gasteiger partial charge is 0.334 e. The van der Waals surface area contributed by atoms with Crippen LogP contribution in [-0.2, 0) is 13.1 Å². The predicted molar refractivity (Wildman–Crippen MR) is 82.5 cm³/mol. The Labute approximate surface area is 132 Å². The first-order chi connectivity index (χ1) is 11.3. The van der Waals surface area contributed by atoms with Crippen molar-refractivity contribution >= 4 is 6.03 Å². The topological polar surface area (TPSA) is 97.6 Å². The first-order valence-electron chi connectivity index (χ1n) is 7.03. The van der Waals surface area contributed by atoms with Crippen molar-refractivity contribution in [3.8, 4) is 5.82 Å². The Morgan fingerprint density at radius 2 is 1.91 bits per heavy atom. The van der Waals surface area contributed by atoms with Gasteiger partial charge in [-0.2, -0.15) is 5.10 Å². The third-order valence-corrected chi connectivity index (χ3v) is 3.10. The first-order valence-corrected chi connectivity index (χ1v) is 7.03. The zero-order valence-corrected chi connectivity index (χ0v) is 12.3. The van der Waals surface area contributed by atoms with Gasteiger partial charge >= 0.3 is 6.03 Å². The van der Waals surface area contributed by atoms with Gasteiger partial charge in [-0.25, -0.2) is 19.4 Å². The van der Waals surface area contributed by atoms with Crippen molar-refractivity contribution in [3.63, 3.8) is 0 Å². The molecular formula is C15H15N7O. The van der Waals surface area contributed by atoms with Crippen LogP contribution in [0.3, 0.4) is 0 Å². The summed E-state index contributed by atoms with van der Waals surface area (Å²) in [6, 6.07) is 8.97. The maximum Gasteiger partial charge on any atom is 0.315 e. The molecule has 0 spiro atoms. The van der Waals surface area contributed by atoms with Crippen LogP contribution >= 0.6 is 0 Å². The van der Waals surface area contributed by atoms with E-state index in [1.807, 2.05) is 30.3 Å². The van der Waals surface area contributed by atoms with Gasteiger partial charge in [0, 0.05) is 24.5 Å². The van der Waals surface area contributed by atoms with Crippen molar-refractivity contribution in [3.05, 3.63) is 66.6 Å². The minimum absolute atomic E-state index is 0.274. The molecular weight excluding hydrogens is 294 g/mol. The van der Waals surface area contributed by atoms with E-state index in [0.29, 0.717) is 18.9 Å². The molecule has 2 N–H and O–H groups in total. The van der Waals surface area contributed by atoms with Crippen LogP contribution in [0.15, 0.2) is 55.4 Å². The van der Waals surface area contributed by atoms with Gasteiger partial charge in [-0.05, 0) is 18.2 Å². The molecule has 0 unspecified atom stereocenters. The highest BCUT2D eigenvalue weighted by Gasteiger charge is 2.08.